The third-order valence-corrected chi connectivity index (χ3v) is 6.59. The highest BCUT2D eigenvalue weighted by molar-refractivity contribution is 6.02. The Kier molecular flexibility index (Phi) is 6.29. The Morgan fingerprint density at radius 1 is 1.23 bits per heavy atom. The first-order valence-electron chi connectivity index (χ1n) is 10.8. The van der Waals surface area contributed by atoms with Crippen LogP contribution in [0.4, 0.5) is 23.2 Å². The molecule has 4 rings (SSSR count). The molecule has 2 heterocycles. The number of piperazine rings is 1. The minimum atomic E-state index is -4.50. The molecule has 2 aromatic rings. The van der Waals surface area contributed by atoms with E-state index in [0.717, 1.165) is 23.1 Å². The maximum Gasteiger partial charge on any atom is 0.416 e. The number of β-amino-alcohol motifs (C(OH)–C–C–N with tert-alkyl or cyclic N) is 1. The van der Waals surface area contributed by atoms with E-state index >= 15 is 0 Å². The standard InChI is InChI=1S/C24H22F4N4O3/c1-15(33)30-9-8-23(14-30)22(35)31(20-7-4-17(11-29)10-19(20)25)13-21(34)32(23)12-16-2-5-18(6-3-16)24(26,27)28/h2-7,10,21,34H,8-9,12-14H2,1H3. The molecule has 184 valence electrons. The normalized spacial score (nSPS) is 23.1. The summed E-state index contributed by atoms with van der Waals surface area (Å²) in [6, 6.07) is 9.86. The molecular formula is C24H22F4N4O3. The summed E-state index contributed by atoms with van der Waals surface area (Å²) in [5.41, 5.74) is -1.84. The van der Waals surface area contributed by atoms with Crippen LogP contribution < -0.4 is 4.90 Å². The topological polar surface area (TPSA) is 87.9 Å². The van der Waals surface area contributed by atoms with Gasteiger partial charge in [0.25, 0.3) is 0 Å². The molecule has 2 aliphatic heterocycles. The molecule has 0 saturated carbocycles. The summed E-state index contributed by atoms with van der Waals surface area (Å²) in [4.78, 5) is 29.9. The van der Waals surface area contributed by atoms with Crippen molar-refractivity contribution in [1.82, 2.24) is 9.80 Å². The summed E-state index contributed by atoms with van der Waals surface area (Å²) in [5, 5.41) is 20.1. The Morgan fingerprint density at radius 2 is 1.91 bits per heavy atom. The third-order valence-electron chi connectivity index (χ3n) is 6.59. The van der Waals surface area contributed by atoms with E-state index in [1.54, 1.807) is 0 Å². The van der Waals surface area contributed by atoms with Crippen molar-refractivity contribution in [2.75, 3.05) is 24.5 Å². The van der Waals surface area contributed by atoms with Gasteiger partial charge in [0.2, 0.25) is 11.8 Å². The van der Waals surface area contributed by atoms with Gasteiger partial charge in [0.05, 0.1) is 29.4 Å². The summed E-state index contributed by atoms with van der Waals surface area (Å²) < 4.78 is 53.6. The third kappa shape index (κ3) is 4.47. The van der Waals surface area contributed by atoms with E-state index in [1.165, 1.54) is 41.0 Å². The lowest BCUT2D eigenvalue weighted by atomic mass is 9.89. The minimum absolute atomic E-state index is 0.0551. The summed E-state index contributed by atoms with van der Waals surface area (Å²) in [5.74, 6) is -1.63. The average Bonchev–Trinajstić information content (AvgIpc) is 3.26. The van der Waals surface area contributed by atoms with Crippen molar-refractivity contribution < 1.29 is 32.3 Å². The van der Waals surface area contributed by atoms with Crippen LogP contribution in [0, 0.1) is 17.1 Å². The second kappa shape index (κ2) is 8.94. The van der Waals surface area contributed by atoms with Crippen molar-refractivity contribution in [3.8, 4) is 6.07 Å². The highest BCUT2D eigenvalue weighted by atomic mass is 19.4. The molecule has 2 atom stereocenters. The fourth-order valence-corrected chi connectivity index (χ4v) is 4.73. The Balaban J connectivity index is 1.70. The van der Waals surface area contributed by atoms with Gasteiger partial charge in [0, 0.05) is 26.6 Å². The largest absolute Gasteiger partial charge is 0.416 e. The number of hydrogen-bond donors (Lipinski definition) is 1. The molecule has 1 spiro atoms. The van der Waals surface area contributed by atoms with Crippen molar-refractivity contribution >= 4 is 17.5 Å². The summed E-state index contributed by atoms with van der Waals surface area (Å²) in [6.45, 7) is 1.15. The summed E-state index contributed by atoms with van der Waals surface area (Å²) in [6.07, 6.45) is -5.64. The van der Waals surface area contributed by atoms with E-state index in [4.69, 9.17) is 5.26 Å². The molecule has 2 aromatic carbocycles. The van der Waals surface area contributed by atoms with Gasteiger partial charge in [0.1, 0.15) is 17.6 Å². The van der Waals surface area contributed by atoms with Crippen molar-refractivity contribution in [2.24, 2.45) is 0 Å². The van der Waals surface area contributed by atoms with Crippen LogP contribution in [-0.2, 0) is 22.3 Å². The highest BCUT2D eigenvalue weighted by Crippen LogP contribution is 2.39. The smallest absolute Gasteiger partial charge is 0.376 e. The number of hydrogen-bond acceptors (Lipinski definition) is 5. The number of halogens is 4. The number of aliphatic hydroxyl groups excluding tert-OH is 1. The fraction of sp³-hybridized carbons (Fsp3) is 0.375. The van der Waals surface area contributed by atoms with Crippen LogP contribution >= 0.6 is 0 Å². The molecule has 2 unspecified atom stereocenters. The van der Waals surface area contributed by atoms with Gasteiger partial charge in [0.15, 0.2) is 0 Å². The first kappa shape index (κ1) is 24.6. The number of alkyl halides is 3. The number of nitriles is 1. The lowest BCUT2D eigenvalue weighted by molar-refractivity contribution is -0.150. The Hall–Kier alpha value is -3.49. The maximum atomic E-state index is 14.8. The average molecular weight is 490 g/mol. The Bertz CT molecular complexity index is 1190. The summed E-state index contributed by atoms with van der Waals surface area (Å²) >= 11 is 0. The molecule has 7 nitrogen and oxygen atoms in total. The van der Waals surface area contributed by atoms with Crippen LogP contribution in [0.2, 0.25) is 0 Å². The number of rotatable bonds is 3. The second-order valence-corrected chi connectivity index (χ2v) is 8.72. The second-order valence-electron chi connectivity index (χ2n) is 8.72. The first-order chi connectivity index (χ1) is 16.5. The number of amides is 2. The number of nitrogens with zero attached hydrogens (tertiary/aromatic N) is 4. The summed E-state index contributed by atoms with van der Waals surface area (Å²) in [7, 11) is 0. The number of aliphatic hydroxyl groups is 1. The molecule has 0 bridgehead atoms. The molecule has 0 radical (unpaired) electrons. The van der Waals surface area contributed by atoms with E-state index in [-0.39, 0.29) is 49.8 Å². The Morgan fingerprint density at radius 3 is 2.46 bits per heavy atom. The Labute approximate surface area is 198 Å². The van der Waals surface area contributed by atoms with Crippen molar-refractivity contribution in [3.05, 3.63) is 65.0 Å². The SMILES string of the molecule is CC(=O)N1CCC2(C1)C(=O)N(c1ccc(C#N)cc1F)CC(O)N2Cc1ccc(C(F)(F)F)cc1. The molecule has 11 heteroatoms. The van der Waals surface area contributed by atoms with E-state index in [1.807, 2.05) is 6.07 Å². The van der Waals surface area contributed by atoms with Gasteiger partial charge in [-0.05, 0) is 42.3 Å². The zero-order valence-corrected chi connectivity index (χ0v) is 18.7. The van der Waals surface area contributed by atoms with Gasteiger partial charge in [-0.1, -0.05) is 12.1 Å². The van der Waals surface area contributed by atoms with Gasteiger partial charge in [-0.2, -0.15) is 18.4 Å². The van der Waals surface area contributed by atoms with Gasteiger partial charge < -0.3 is 14.9 Å². The van der Waals surface area contributed by atoms with Crippen LogP contribution in [0.3, 0.4) is 0 Å². The molecule has 2 amide bonds. The molecule has 35 heavy (non-hydrogen) atoms. The van der Waals surface area contributed by atoms with Gasteiger partial charge in [-0.15, -0.1) is 0 Å². The van der Waals surface area contributed by atoms with E-state index in [2.05, 4.69) is 0 Å². The zero-order chi connectivity index (χ0) is 25.5. The van der Waals surface area contributed by atoms with Crippen molar-refractivity contribution in [1.29, 1.82) is 5.26 Å². The molecule has 0 aromatic heterocycles. The molecule has 1 N–H and O–H groups in total. The predicted molar refractivity (Wildman–Crippen MR) is 116 cm³/mol. The van der Waals surface area contributed by atoms with Crippen LogP contribution in [0.1, 0.15) is 30.0 Å². The van der Waals surface area contributed by atoms with Crippen LogP contribution in [-0.4, -0.2) is 58.1 Å². The van der Waals surface area contributed by atoms with E-state index < -0.39 is 35.2 Å². The molecule has 2 saturated heterocycles. The molecule has 0 aliphatic carbocycles. The van der Waals surface area contributed by atoms with E-state index in [0.29, 0.717) is 5.56 Å². The van der Waals surface area contributed by atoms with Crippen LogP contribution in [0.15, 0.2) is 42.5 Å². The quantitative estimate of drug-likeness (QED) is 0.669. The number of benzene rings is 2. The minimum Gasteiger partial charge on any atom is -0.376 e. The molecular weight excluding hydrogens is 468 g/mol. The number of anilines is 1. The highest BCUT2D eigenvalue weighted by Gasteiger charge is 2.57. The van der Waals surface area contributed by atoms with Gasteiger partial charge in [-0.25, -0.2) is 4.39 Å². The van der Waals surface area contributed by atoms with Crippen molar-refractivity contribution in [2.45, 2.75) is 37.8 Å². The van der Waals surface area contributed by atoms with E-state index in [9.17, 15) is 32.3 Å². The van der Waals surface area contributed by atoms with Gasteiger partial charge >= 0.3 is 6.18 Å². The number of carbonyl (C=O) groups excluding carboxylic acids is 2. The lowest BCUT2D eigenvalue weighted by Gasteiger charge is -2.50. The predicted octanol–water partition coefficient (Wildman–Crippen LogP) is 2.87. The zero-order valence-electron chi connectivity index (χ0n) is 18.7. The number of likely N-dealkylation sites (tertiary alicyclic amines) is 1. The first-order valence-corrected chi connectivity index (χ1v) is 10.8. The van der Waals surface area contributed by atoms with Crippen LogP contribution in [0.25, 0.3) is 0 Å². The molecule has 2 aliphatic rings. The maximum absolute atomic E-state index is 14.8. The number of carbonyl (C=O) groups is 2. The molecule has 2 fully saturated rings. The lowest BCUT2D eigenvalue weighted by Crippen LogP contribution is -2.70. The fourth-order valence-electron chi connectivity index (χ4n) is 4.73. The van der Waals surface area contributed by atoms with Gasteiger partial charge in [-0.3, -0.25) is 14.5 Å². The van der Waals surface area contributed by atoms with Crippen LogP contribution in [0.5, 0.6) is 0 Å². The van der Waals surface area contributed by atoms with Crippen molar-refractivity contribution in [3.63, 3.8) is 0 Å². The monoisotopic (exact) mass is 490 g/mol.